The number of hydrogen-bond acceptors (Lipinski definition) is 4. The smallest absolute Gasteiger partial charge is 0.262 e. The van der Waals surface area contributed by atoms with Gasteiger partial charge in [-0.05, 0) is 31.7 Å². The number of aromatic amines is 1. The summed E-state index contributed by atoms with van der Waals surface area (Å²) in [6.07, 6.45) is 1.11. The fourth-order valence-corrected chi connectivity index (χ4v) is 3.71. The van der Waals surface area contributed by atoms with E-state index in [9.17, 15) is 8.42 Å². The molecule has 1 heterocycles. The average Bonchev–Trinajstić information content (AvgIpc) is 2.94. The van der Waals surface area contributed by atoms with Gasteiger partial charge < -0.3 is 5.32 Å². The number of nitrogens with zero attached hydrogens (tertiary/aromatic N) is 2. The van der Waals surface area contributed by atoms with Crippen LogP contribution >= 0.6 is 0 Å². The van der Waals surface area contributed by atoms with E-state index < -0.39 is 10.0 Å². The van der Waals surface area contributed by atoms with Crippen molar-refractivity contribution in [1.82, 2.24) is 19.8 Å². The molecule has 0 amide bonds. The summed E-state index contributed by atoms with van der Waals surface area (Å²) in [6, 6.07) is 0. The Kier molecular flexibility index (Phi) is 4.51. The number of nitrogens with one attached hydrogen (secondary N) is 2. The second-order valence-corrected chi connectivity index (χ2v) is 7.63. The van der Waals surface area contributed by atoms with Crippen molar-refractivity contribution in [2.24, 2.45) is 11.8 Å². The van der Waals surface area contributed by atoms with Gasteiger partial charge in [0, 0.05) is 31.4 Å². The summed E-state index contributed by atoms with van der Waals surface area (Å²) in [6.45, 7) is 7.88. The summed E-state index contributed by atoms with van der Waals surface area (Å²) < 4.78 is 26.7. The predicted octanol–water partition coefficient (Wildman–Crippen LogP) is 1.10. The largest absolute Gasteiger partial charge is 0.313 e. The molecule has 1 aromatic rings. The molecule has 1 fully saturated rings. The van der Waals surface area contributed by atoms with Gasteiger partial charge in [-0.3, -0.25) is 5.10 Å². The van der Waals surface area contributed by atoms with Crippen LogP contribution in [0.1, 0.15) is 31.5 Å². The highest BCUT2D eigenvalue weighted by atomic mass is 32.2. The molecule has 0 radical (unpaired) electrons. The van der Waals surface area contributed by atoms with E-state index in [-0.39, 0.29) is 5.03 Å². The molecule has 1 aliphatic rings. The monoisotopic (exact) mass is 300 g/mol. The average molecular weight is 300 g/mol. The van der Waals surface area contributed by atoms with Crippen molar-refractivity contribution in [2.75, 3.05) is 20.1 Å². The number of H-pyrrole nitrogens is 1. The molecule has 0 aliphatic heterocycles. The molecule has 2 atom stereocenters. The standard InChI is InChI=1S/C13H24N4O2S/c1-5-14-7-12-10(3)15-16-13(12)20(18,19)17(4)8-11-6-9(11)2/h9,11,14H,5-8H2,1-4H3,(H,15,16). The summed E-state index contributed by atoms with van der Waals surface area (Å²) in [4.78, 5) is 0. The van der Waals surface area contributed by atoms with Crippen LogP contribution in [0.2, 0.25) is 0 Å². The zero-order valence-corrected chi connectivity index (χ0v) is 13.4. The molecule has 0 bridgehead atoms. The van der Waals surface area contributed by atoms with E-state index in [1.165, 1.54) is 4.31 Å². The summed E-state index contributed by atoms with van der Waals surface area (Å²) in [5.74, 6) is 1.13. The molecule has 0 spiro atoms. The summed E-state index contributed by atoms with van der Waals surface area (Å²) >= 11 is 0. The zero-order valence-electron chi connectivity index (χ0n) is 12.6. The van der Waals surface area contributed by atoms with E-state index in [1.807, 2.05) is 13.8 Å². The highest BCUT2D eigenvalue weighted by Crippen LogP contribution is 2.38. The van der Waals surface area contributed by atoms with E-state index in [4.69, 9.17) is 0 Å². The van der Waals surface area contributed by atoms with Gasteiger partial charge in [0.1, 0.15) is 0 Å². The lowest BCUT2D eigenvalue weighted by Gasteiger charge is -2.16. The topological polar surface area (TPSA) is 78.1 Å². The molecule has 114 valence electrons. The minimum atomic E-state index is -3.51. The number of sulfonamides is 1. The van der Waals surface area contributed by atoms with Gasteiger partial charge in [0.05, 0.1) is 0 Å². The Hall–Kier alpha value is -0.920. The quantitative estimate of drug-likeness (QED) is 0.790. The Balaban J connectivity index is 2.20. The van der Waals surface area contributed by atoms with Crippen molar-refractivity contribution in [2.45, 2.75) is 38.8 Å². The Morgan fingerprint density at radius 1 is 1.50 bits per heavy atom. The first kappa shape index (κ1) is 15.5. The Morgan fingerprint density at radius 2 is 2.15 bits per heavy atom. The molecular weight excluding hydrogens is 276 g/mol. The fraction of sp³-hybridized carbons (Fsp3) is 0.769. The molecule has 2 N–H and O–H groups in total. The number of rotatable bonds is 7. The van der Waals surface area contributed by atoms with Crippen LogP contribution in [-0.4, -0.2) is 43.1 Å². The van der Waals surface area contributed by atoms with Crippen LogP contribution in [0.25, 0.3) is 0 Å². The van der Waals surface area contributed by atoms with E-state index in [2.05, 4.69) is 22.4 Å². The van der Waals surface area contributed by atoms with Gasteiger partial charge in [0.15, 0.2) is 5.03 Å². The van der Waals surface area contributed by atoms with E-state index in [0.717, 1.165) is 24.2 Å². The highest BCUT2D eigenvalue weighted by Gasteiger charge is 2.37. The van der Waals surface area contributed by atoms with Gasteiger partial charge in [0.25, 0.3) is 10.0 Å². The third kappa shape index (κ3) is 3.05. The summed E-state index contributed by atoms with van der Waals surface area (Å²) in [7, 11) is -1.87. The fourth-order valence-electron chi connectivity index (χ4n) is 2.33. The van der Waals surface area contributed by atoms with Gasteiger partial charge in [-0.25, -0.2) is 8.42 Å². The zero-order chi connectivity index (χ0) is 14.9. The van der Waals surface area contributed by atoms with Crippen molar-refractivity contribution < 1.29 is 8.42 Å². The predicted molar refractivity (Wildman–Crippen MR) is 77.8 cm³/mol. The molecule has 20 heavy (non-hydrogen) atoms. The van der Waals surface area contributed by atoms with Gasteiger partial charge in [-0.2, -0.15) is 9.40 Å². The number of aromatic nitrogens is 2. The molecule has 2 unspecified atom stereocenters. The first-order chi connectivity index (χ1) is 9.37. The summed E-state index contributed by atoms with van der Waals surface area (Å²) in [5, 5.41) is 10.1. The van der Waals surface area contributed by atoms with Crippen LogP contribution in [0.4, 0.5) is 0 Å². The maximum absolute atomic E-state index is 12.6. The molecule has 1 aliphatic carbocycles. The first-order valence-corrected chi connectivity index (χ1v) is 8.52. The third-order valence-electron chi connectivity index (χ3n) is 4.01. The van der Waals surface area contributed by atoms with E-state index >= 15 is 0 Å². The second-order valence-electron chi connectivity index (χ2n) is 5.67. The lowest BCUT2D eigenvalue weighted by Crippen LogP contribution is -2.30. The molecule has 7 heteroatoms. The highest BCUT2D eigenvalue weighted by molar-refractivity contribution is 7.89. The van der Waals surface area contributed by atoms with Crippen LogP contribution in [0, 0.1) is 18.8 Å². The molecule has 2 rings (SSSR count). The Labute approximate surface area is 121 Å². The maximum atomic E-state index is 12.6. The lowest BCUT2D eigenvalue weighted by molar-refractivity contribution is 0.441. The third-order valence-corrected chi connectivity index (χ3v) is 5.81. The first-order valence-electron chi connectivity index (χ1n) is 7.08. The lowest BCUT2D eigenvalue weighted by atomic mass is 10.2. The van der Waals surface area contributed by atoms with Crippen LogP contribution in [0.15, 0.2) is 5.03 Å². The SMILES string of the molecule is CCNCc1c(S(=O)(=O)N(C)CC2CC2C)n[nH]c1C. The van der Waals surface area contributed by atoms with E-state index in [1.54, 1.807) is 7.05 Å². The molecule has 6 nitrogen and oxygen atoms in total. The van der Waals surface area contributed by atoms with Crippen LogP contribution in [0.3, 0.4) is 0 Å². The molecule has 1 saturated carbocycles. The minimum absolute atomic E-state index is 0.159. The van der Waals surface area contributed by atoms with Crippen molar-refractivity contribution >= 4 is 10.0 Å². The van der Waals surface area contributed by atoms with Crippen LogP contribution < -0.4 is 5.32 Å². The summed E-state index contributed by atoms with van der Waals surface area (Å²) in [5.41, 5.74) is 1.54. The van der Waals surface area contributed by atoms with Crippen molar-refractivity contribution in [3.05, 3.63) is 11.3 Å². The molecule has 0 aromatic carbocycles. The minimum Gasteiger partial charge on any atom is -0.313 e. The number of hydrogen-bond donors (Lipinski definition) is 2. The van der Waals surface area contributed by atoms with Crippen LogP contribution in [-0.2, 0) is 16.6 Å². The van der Waals surface area contributed by atoms with Crippen molar-refractivity contribution in [1.29, 1.82) is 0 Å². The molecular formula is C13H24N4O2S. The van der Waals surface area contributed by atoms with E-state index in [0.29, 0.717) is 24.9 Å². The Morgan fingerprint density at radius 3 is 2.70 bits per heavy atom. The van der Waals surface area contributed by atoms with Crippen LogP contribution in [0.5, 0.6) is 0 Å². The molecule has 1 aromatic heterocycles. The Bertz CT molecular complexity index is 567. The van der Waals surface area contributed by atoms with Crippen molar-refractivity contribution in [3.8, 4) is 0 Å². The van der Waals surface area contributed by atoms with Crippen molar-refractivity contribution in [3.63, 3.8) is 0 Å². The van der Waals surface area contributed by atoms with Gasteiger partial charge in [-0.1, -0.05) is 13.8 Å². The molecule has 0 saturated heterocycles. The normalized spacial score (nSPS) is 22.4. The maximum Gasteiger partial charge on any atom is 0.262 e. The number of aryl methyl sites for hydroxylation is 1. The van der Waals surface area contributed by atoms with Gasteiger partial charge >= 0.3 is 0 Å². The van der Waals surface area contributed by atoms with Gasteiger partial charge in [0.2, 0.25) is 0 Å². The van der Waals surface area contributed by atoms with Gasteiger partial charge in [-0.15, -0.1) is 0 Å². The second kappa shape index (κ2) is 5.83.